The number of benzene rings is 1. The smallest absolute Gasteiger partial charge is 0.394 e. The lowest BCUT2D eigenvalue weighted by Gasteiger charge is -2.35. The molecule has 1 aromatic carbocycles. The van der Waals surface area contributed by atoms with Gasteiger partial charge in [0.15, 0.2) is 0 Å². The summed E-state index contributed by atoms with van der Waals surface area (Å²) in [6, 6.07) is 6.21. The van der Waals surface area contributed by atoms with E-state index in [9.17, 15) is 14.0 Å². The van der Waals surface area contributed by atoms with Gasteiger partial charge in [-0.1, -0.05) is 6.07 Å². The first-order chi connectivity index (χ1) is 8.58. The average molecular weight is 252 g/mol. The molecule has 96 valence electrons. The van der Waals surface area contributed by atoms with E-state index in [-0.39, 0.29) is 5.82 Å². The Morgan fingerprint density at radius 2 is 1.83 bits per heavy atom. The summed E-state index contributed by atoms with van der Waals surface area (Å²) >= 11 is 0. The largest absolute Gasteiger partial charge is 0.474 e. The van der Waals surface area contributed by atoms with Crippen LogP contribution in [0.2, 0.25) is 0 Å². The zero-order valence-electron chi connectivity index (χ0n) is 9.67. The van der Waals surface area contributed by atoms with Crippen molar-refractivity contribution in [2.45, 2.75) is 0 Å². The van der Waals surface area contributed by atoms with Crippen LogP contribution in [0.1, 0.15) is 0 Å². The van der Waals surface area contributed by atoms with Gasteiger partial charge in [0.1, 0.15) is 5.82 Å². The van der Waals surface area contributed by atoms with Crippen LogP contribution in [-0.2, 0) is 9.59 Å². The van der Waals surface area contributed by atoms with Crippen LogP contribution in [0.4, 0.5) is 10.1 Å². The van der Waals surface area contributed by atoms with Crippen LogP contribution in [0.25, 0.3) is 0 Å². The van der Waals surface area contributed by atoms with Gasteiger partial charge in [0.2, 0.25) is 0 Å². The van der Waals surface area contributed by atoms with Crippen LogP contribution in [0.5, 0.6) is 0 Å². The summed E-state index contributed by atoms with van der Waals surface area (Å²) in [7, 11) is 0. The third kappa shape index (κ3) is 2.58. The Kier molecular flexibility index (Phi) is 3.45. The van der Waals surface area contributed by atoms with Crippen molar-refractivity contribution in [1.29, 1.82) is 0 Å². The molecule has 6 heteroatoms. The summed E-state index contributed by atoms with van der Waals surface area (Å²) in [5, 5.41) is 8.60. The number of aliphatic carboxylic acids is 1. The maximum absolute atomic E-state index is 13.1. The van der Waals surface area contributed by atoms with Gasteiger partial charge in [-0.3, -0.25) is 4.79 Å². The fraction of sp³-hybridized carbons (Fsp3) is 0.333. The minimum absolute atomic E-state index is 0.309. The molecule has 0 unspecified atom stereocenters. The highest BCUT2D eigenvalue weighted by Gasteiger charge is 2.25. The first kappa shape index (κ1) is 12.3. The molecule has 1 aliphatic heterocycles. The fourth-order valence-corrected chi connectivity index (χ4v) is 1.98. The van der Waals surface area contributed by atoms with Crippen LogP contribution >= 0.6 is 0 Å². The Labute approximate surface area is 103 Å². The molecule has 1 heterocycles. The van der Waals surface area contributed by atoms with Crippen LogP contribution in [0.3, 0.4) is 0 Å². The van der Waals surface area contributed by atoms with Crippen LogP contribution in [0, 0.1) is 5.82 Å². The van der Waals surface area contributed by atoms with Crippen molar-refractivity contribution in [2.75, 3.05) is 31.1 Å². The van der Waals surface area contributed by atoms with E-state index >= 15 is 0 Å². The van der Waals surface area contributed by atoms with E-state index in [4.69, 9.17) is 5.11 Å². The topological polar surface area (TPSA) is 60.9 Å². The number of rotatable bonds is 1. The van der Waals surface area contributed by atoms with Crippen LogP contribution in [-0.4, -0.2) is 48.1 Å². The minimum atomic E-state index is -1.44. The van der Waals surface area contributed by atoms with Gasteiger partial charge in [0.05, 0.1) is 0 Å². The maximum Gasteiger partial charge on any atom is 0.394 e. The highest BCUT2D eigenvalue weighted by Crippen LogP contribution is 2.17. The quantitative estimate of drug-likeness (QED) is 0.742. The zero-order chi connectivity index (χ0) is 13.1. The summed E-state index contributed by atoms with van der Waals surface area (Å²) in [5.74, 6) is -2.63. The first-order valence-corrected chi connectivity index (χ1v) is 5.60. The minimum Gasteiger partial charge on any atom is -0.474 e. The highest BCUT2D eigenvalue weighted by molar-refractivity contribution is 6.31. The number of carboxylic acids is 1. The van der Waals surface area contributed by atoms with Crippen LogP contribution < -0.4 is 4.90 Å². The van der Waals surface area contributed by atoms with Crippen molar-refractivity contribution in [3.05, 3.63) is 30.1 Å². The number of hydrogen-bond donors (Lipinski definition) is 1. The summed E-state index contributed by atoms with van der Waals surface area (Å²) in [5.41, 5.74) is 0.748. The molecule has 0 radical (unpaired) electrons. The number of anilines is 1. The van der Waals surface area contributed by atoms with Crippen molar-refractivity contribution in [3.63, 3.8) is 0 Å². The zero-order valence-corrected chi connectivity index (χ0v) is 9.67. The summed E-state index contributed by atoms with van der Waals surface area (Å²) in [6.07, 6.45) is 0. The van der Waals surface area contributed by atoms with Crippen molar-refractivity contribution in [2.24, 2.45) is 0 Å². The van der Waals surface area contributed by atoms with Gasteiger partial charge in [0, 0.05) is 31.9 Å². The number of carbonyl (C=O) groups excluding carboxylic acids is 1. The molecule has 1 N–H and O–H groups in total. The van der Waals surface area contributed by atoms with Crippen molar-refractivity contribution >= 4 is 17.6 Å². The van der Waals surface area contributed by atoms with E-state index < -0.39 is 11.9 Å². The molecule has 0 aliphatic carbocycles. The van der Waals surface area contributed by atoms with E-state index in [1.54, 1.807) is 12.1 Å². The Morgan fingerprint density at radius 1 is 1.17 bits per heavy atom. The molecule has 0 saturated carbocycles. The molecule has 1 saturated heterocycles. The lowest BCUT2D eigenvalue weighted by Crippen LogP contribution is -2.50. The number of hydrogen-bond acceptors (Lipinski definition) is 3. The van der Waals surface area contributed by atoms with Crippen molar-refractivity contribution < 1.29 is 19.1 Å². The van der Waals surface area contributed by atoms with Crippen molar-refractivity contribution in [1.82, 2.24) is 4.90 Å². The number of carboxylic acid groups (broad SMARTS) is 1. The molecule has 0 bridgehead atoms. The normalized spacial score (nSPS) is 15.6. The highest BCUT2D eigenvalue weighted by atomic mass is 19.1. The van der Waals surface area contributed by atoms with E-state index in [0.29, 0.717) is 26.2 Å². The molecule has 1 aromatic rings. The number of halogens is 1. The van der Waals surface area contributed by atoms with E-state index in [0.717, 1.165) is 5.69 Å². The second kappa shape index (κ2) is 5.03. The Hall–Kier alpha value is -2.11. The average Bonchev–Trinajstić information content (AvgIpc) is 2.38. The molecule has 18 heavy (non-hydrogen) atoms. The van der Waals surface area contributed by atoms with E-state index in [1.807, 2.05) is 4.90 Å². The van der Waals surface area contributed by atoms with Crippen LogP contribution in [0.15, 0.2) is 24.3 Å². The molecule has 0 atom stereocenters. The number of piperazine rings is 1. The number of carbonyl (C=O) groups is 2. The van der Waals surface area contributed by atoms with Gasteiger partial charge < -0.3 is 14.9 Å². The Balaban J connectivity index is 1.98. The van der Waals surface area contributed by atoms with Gasteiger partial charge >= 0.3 is 11.9 Å². The second-order valence-corrected chi connectivity index (χ2v) is 4.06. The van der Waals surface area contributed by atoms with E-state index in [1.165, 1.54) is 17.0 Å². The standard InChI is InChI=1S/C12H13FN2O3/c13-9-2-1-3-10(8-9)14-4-6-15(7-5-14)11(16)12(17)18/h1-3,8H,4-7H2,(H,17,18). The van der Waals surface area contributed by atoms with Gasteiger partial charge in [-0.15, -0.1) is 0 Å². The summed E-state index contributed by atoms with van der Waals surface area (Å²) in [4.78, 5) is 25.0. The third-order valence-electron chi connectivity index (χ3n) is 2.92. The molecule has 0 spiro atoms. The Bertz CT molecular complexity index is 470. The molecule has 5 nitrogen and oxygen atoms in total. The number of nitrogens with zero attached hydrogens (tertiary/aromatic N) is 2. The lowest BCUT2D eigenvalue weighted by molar-refractivity contribution is -0.156. The van der Waals surface area contributed by atoms with Gasteiger partial charge in [-0.05, 0) is 18.2 Å². The Morgan fingerprint density at radius 3 is 2.39 bits per heavy atom. The van der Waals surface area contributed by atoms with Crippen molar-refractivity contribution in [3.8, 4) is 0 Å². The molecule has 1 fully saturated rings. The molecule has 2 rings (SSSR count). The molecule has 0 aromatic heterocycles. The second-order valence-electron chi connectivity index (χ2n) is 4.06. The van der Waals surface area contributed by atoms with E-state index in [2.05, 4.69) is 0 Å². The monoisotopic (exact) mass is 252 g/mol. The maximum atomic E-state index is 13.1. The summed E-state index contributed by atoms with van der Waals surface area (Å²) < 4.78 is 13.1. The third-order valence-corrected chi connectivity index (χ3v) is 2.92. The predicted octanol–water partition coefficient (Wildman–Crippen LogP) is 0.559. The molecule has 1 aliphatic rings. The predicted molar refractivity (Wildman–Crippen MR) is 62.8 cm³/mol. The van der Waals surface area contributed by atoms with Gasteiger partial charge in [0.25, 0.3) is 0 Å². The fourth-order valence-electron chi connectivity index (χ4n) is 1.98. The molecule has 1 amide bonds. The molecular formula is C12H13FN2O3. The van der Waals surface area contributed by atoms with Gasteiger partial charge in [-0.25, -0.2) is 9.18 Å². The molecular weight excluding hydrogens is 239 g/mol. The lowest BCUT2D eigenvalue weighted by atomic mass is 10.2. The number of amides is 1. The van der Waals surface area contributed by atoms with Gasteiger partial charge in [-0.2, -0.15) is 0 Å². The SMILES string of the molecule is O=C(O)C(=O)N1CCN(c2cccc(F)c2)CC1. The first-order valence-electron chi connectivity index (χ1n) is 5.60. The summed E-state index contributed by atoms with van der Waals surface area (Å²) in [6.45, 7) is 1.67.